The summed E-state index contributed by atoms with van der Waals surface area (Å²) in [6.45, 7) is 2.02. The molecule has 0 radical (unpaired) electrons. The van der Waals surface area contributed by atoms with Crippen LogP contribution in [-0.2, 0) is 16.0 Å². The number of rotatable bonds is 5. The third-order valence-corrected chi connectivity index (χ3v) is 3.84. The zero-order valence-corrected chi connectivity index (χ0v) is 12.0. The predicted octanol–water partition coefficient (Wildman–Crippen LogP) is 3.51. The second kappa shape index (κ2) is 6.88. The van der Waals surface area contributed by atoms with Gasteiger partial charge in [0.25, 0.3) is 0 Å². The first kappa shape index (κ1) is 14.3. The minimum Gasteiger partial charge on any atom is -0.465 e. The smallest absolute Gasteiger partial charge is 0.327 e. The Kier molecular flexibility index (Phi) is 4.91. The molecule has 0 saturated heterocycles. The first-order chi connectivity index (χ1) is 9.76. The third-order valence-electron chi connectivity index (χ3n) is 2.96. The molecule has 3 nitrogen and oxygen atoms in total. The van der Waals surface area contributed by atoms with Crippen molar-refractivity contribution in [2.75, 3.05) is 6.61 Å². The van der Waals surface area contributed by atoms with E-state index >= 15 is 0 Å². The second-order valence-corrected chi connectivity index (χ2v) is 5.30. The summed E-state index contributed by atoms with van der Waals surface area (Å²) < 4.78 is 4.98. The highest BCUT2D eigenvalue weighted by molar-refractivity contribution is 7.09. The number of esters is 1. The van der Waals surface area contributed by atoms with Gasteiger partial charge < -0.3 is 4.74 Å². The van der Waals surface area contributed by atoms with Gasteiger partial charge in [0.05, 0.1) is 12.7 Å². The number of nitriles is 1. The molecule has 0 aliphatic carbocycles. The van der Waals surface area contributed by atoms with Crippen LogP contribution in [0.25, 0.3) is 0 Å². The van der Waals surface area contributed by atoms with Gasteiger partial charge in [0, 0.05) is 11.3 Å². The summed E-state index contributed by atoms with van der Waals surface area (Å²) in [5, 5.41) is 11.3. The molecule has 0 fully saturated rings. The van der Waals surface area contributed by atoms with E-state index in [1.807, 2.05) is 41.8 Å². The van der Waals surface area contributed by atoms with E-state index < -0.39 is 11.9 Å². The van der Waals surface area contributed by atoms with Crippen LogP contribution in [0, 0.1) is 11.3 Å². The SMILES string of the molecule is CCOC(=O)C(C#N)c1ccccc1Cc1cccs1. The fourth-order valence-corrected chi connectivity index (χ4v) is 2.78. The zero-order chi connectivity index (χ0) is 14.4. The van der Waals surface area contributed by atoms with Crippen molar-refractivity contribution in [3.63, 3.8) is 0 Å². The Hall–Kier alpha value is -2.12. The molecule has 0 aliphatic rings. The molecule has 0 N–H and O–H groups in total. The highest BCUT2D eigenvalue weighted by Crippen LogP contribution is 2.25. The number of carbonyl (C=O) groups excluding carboxylic acids is 1. The summed E-state index contributed by atoms with van der Waals surface area (Å²) in [5.74, 6) is -1.33. The summed E-state index contributed by atoms with van der Waals surface area (Å²) >= 11 is 1.67. The van der Waals surface area contributed by atoms with Gasteiger partial charge in [-0.15, -0.1) is 11.3 Å². The standard InChI is InChI=1S/C16H15NO2S/c1-2-19-16(18)15(11-17)14-8-4-3-6-12(14)10-13-7-5-9-20-13/h3-9,15H,2,10H2,1H3. The summed E-state index contributed by atoms with van der Waals surface area (Å²) in [6, 6.07) is 13.6. The van der Waals surface area contributed by atoms with Crippen molar-refractivity contribution in [1.29, 1.82) is 5.26 Å². The van der Waals surface area contributed by atoms with E-state index in [4.69, 9.17) is 4.74 Å². The quantitative estimate of drug-likeness (QED) is 0.790. The second-order valence-electron chi connectivity index (χ2n) is 4.27. The lowest BCUT2D eigenvalue weighted by Crippen LogP contribution is -2.16. The lowest BCUT2D eigenvalue weighted by Gasteiger charge is -2.13. The van der Waals surface area contributed by atoms with E-state index in [9.17, 15) is 10.1 Å². The van der Waals surface area contributed by atoms with Gasteiger partial charge >= 0.3 is 5.97 Å². The van der Waals surface area contributed by atoms with Gasteiger partial charge in [-0.2, -0.15) is 5.26 Å². The van der Waals surface area contributed by atoms with Crippen LogP contribution in [-0.4, -0.2) is 12.6 Å². The van der Waals surface area contributed by atoms with Crippen molar-refractivity contribution in [2.45, 2.75) is 19.3 Å². The van der Waals surface area contributed by atoms with Crippen molar-refractivity contribution in [2.24, 2.45) is 0 Å². The third kappa shape index (κ3) is 3.25. The van der Waals surface area contributed by atoms with Crippen LogP contribution in [0.3, 0.4) is 0 Å². The average Bonchev–Trinajstić information content (AvgIpc) is 2.95. The molecular formula is C16H15NO2S. The number of hydrogen-bond acceptors (Lipinski definition) is 4. The molecule has 1 heterocycles. The number of hydrogen-bond donors (Lipinski definition) is 0. The molecule has 0 saturated carbocycles. The fraction of sp³-hybridized carbons (Fsp3) is 0.250. The van der Waals surface area contributed by atoms with Crippen LogP contribution in [0.1, 0.15) is 28.8 Å². The van der Waals surface area contributed by atoms with Crippen molar-refractivity contribution < 1.29 is 9.53 Å². The molecule has 1 atom stereocenters. The molecule has 4 heteroatoms. The molecular weight excluding hydrogens is 270 g/mol. The van der Waals surface area contributed by atoms with Gasteiger partial charge in [0.15, 0.2) is 5.92 Å². The number of carbonyl (C=O) groups is 1. The number of nitrogens with zero attached hydrogens (tertiary/aromatic N) is 1. The summed E-state index contributed by atoms with van der Waals surface area (Å²) in [5.41, 5.74) is 1.73. The number of thiophene rings is 1. The highest BCUT2D eigenvalue weighted by atomic mass is 32.1. The van der Waals surface area contributed by atoms with Gasteiger partial charge in [-0.1, -0.05) is 30.3 Å². The van der Waals surface area contributed by atoms with E-state index in [2.05, 4.69) is 6.07 Å². The maximum Gasteiger partial charge on any atom is 0.327 e. The maximum absolute atomic E-state index is 11.9. The van der Waals surface area contributed by atoms with Crippen LogP contribution in [0.4, 0.5) is 0 Å². The topological polar surface area (TPSA) is 50.1 Å². The van der Waals surface area contributed by atoms with Crippen molar-refractivity contribution in [1.82, 2.24) is 0 Å². The molecule has 1 aromatic heterocycles. The van der Waals surface area contributed by atoms with E-state index in [0.717, 1.165) is 17.5 Å². The van der Waals surface area contributed by atoms with Gasteiger partial charge in [-0.05, 0) is 29.5 Å². The van der Waals surface area contributed by atoms with Crippen LogP contribution in [0.15, 0.2) is 41.8 Å². The molecule has 102 valence electrons. The number of benzene rings is 1. The van der Waals surface area contributed by atoms with Crippen molar-refractivity contribution in [3.8, 4) is 6.07 Å². The first-order valence-electron chi connectivity index (χ1n) is 6.42. The molecule has 0 amide bonds. The Morgan fingerprint density at radius 3 is 2.80 bits per heavy atom. The lowest BCUT2D eigenvalue weighted by molar-refractivity contribution is -0.143. The van der Waals surface area contributed by atoms with Crippen molar-refractivity contribution in [3.05, 3.63) is 57.8 Å². The summed E-state index contributed by atoms with van der Waals surface area (Å²) in [7, 11) is 0. The van der Waals surface area contributed by atoms with Crippen LogP contribution in [0.5, 0.6) is 0 Å². The molecule has 1 unspecified atom stereocenters. The highest BCUT2D eigenvalue weighted by Gasteiger charge is 2.24. The van der Waals surface area contributed by atoms with Gasteiger partial charge in [-0.25, -0.2) is 0 Å². The van der Waals surface area contributed by atoms with Crippen LogP contribution < -0.4 is 0 Å². The van der Waals surface area contributed by atoms with E-state index in [0.29, 0.717) is 0 Å². The molecule has 1 aromatic carbocycles. The van der Waals surface area contributed by atoms with Gasteiger partial charge in [0.1, 0.15) is 0 Å². The maximum atomic E-state index is 11.9. The Morgan fingerprint density at radius 1 is 1.35 bits per heavy atom. The van der Waals surface area contributed by atoms with E-state index in [-0.39, 0.29) is 6.61 Å². The summed E-state index contributed by atoms with van der Waals surface area (Å²) in [4.78, 5) is 13.1. The molecule has 20 heavy (non-hydrogen) atoms. The zero-order valence-electron chi connectivity index (χ0n) is 11.2. The largest absolute Gasteiger partial charge is 0.465 e. The van der Waals surface area contributed by atoms with E-state index in [1.165, 1.54) is 4.88 Å². The molecule has 0 bridgehead atoms. The predicted molar refractivity (Wildman–Crippen MR) is 78.6 cm³/mol. The van der Waals surface area contributed by atoms with Crippen LogP contribution >= 0.6 is 11.3 Å². The van der Waals surface area contributed by atoms with Gasteiger partial charge in [-0.3, -0.25) is 4.79 Å². The monoisotopic (exact) mass is 285 g/mol. The Morgan fingerprint density at radius 2 is 2.15 bits per heavy atom. The average molecular weight is 285 g/mol. The summed E-state index contributed by atoms with van der Waals surface area (Å²) in [6.07, 6.45) is 0.728. The molecule has 0 aliphatic heterocycles. The number of ether oxygens (including phenoxy) is 1. The lowest BCUT2D eigenvalue weighted by atomic mass is 9.93. The minimum atomic E-state index is -0.855. The Balaban J connectivity index is 2.31. The van der Waals surface area contributed by atoms with Crippen LogP contribution in [0.2, 0.25) is 0 Å². The Bertz CT molecular complexity index is 614. The molecule has 2 rings (SSSR count). The van der Waals surface area contributed by atoms with Gasteiger partial charge in [0.2, 0.25) is 0 Å². The fourth-order valence-electron chi connectivity index (χ4n) is 2.05. The normalized spacial score (nSPS) is 11.6. The molecule has 2 aromatic rings. The van der Waals surface area contributed by atoms with Crippen molar-refractivity contribution >= 4 is 17.3 Å². The minimum absolute atomic E-state index is 0.282. The Labute approximate surface area is 122 Å². The molecule has 0 spiro atoms. The van der Waals surface area contributed by atoms with E-state index in [1.54, 1.807) is 18.3 Å². The first-order valence-corrected chi connectivity index (χ1v) is 7.30.